The molecule has 16 heavy (non-hydrogen) atoms. The van der Waals surface area contributed by atoms with Crippen LogP contribution in [-0.2, 0) is 0 Å². The number of benzene rings is 1. The van der Waals surface area contributed by atoms with Crippen LogP contribution in [0.1, 0.15) is 30.4 Å². The van der Waals surface area contributed by atoms with E-state index in [2.05, 4.69) is 30.1 Å². The van der Waals surface area contributed by atoms with Crippen molar-refractivity contribution in [1.82, 2.24) is 4.98 Å². The van der Waals surface area contributed by atoms with E-state index in [1.165, 1.54) is 11.1 Å². The molecule has 1 nitrogen and oxygen atoms in total. The summed E-state index contributed by atoms with van der Waals surface area (Å²) >= 11 is 5.89. The van der Waals surface area contributed by atoms with Crippen molar-refractivity contribution in [2.45, 2.75) is 19.3 Å². The predicted molar refractivity (Wildman–Crippen MR) is 67.8 cm³/mol. The third-order valence-corrected chi connectivity index (χ3v) is 3.02. The van der Waals surface area contributed by atoms with Crippen molar-refractivity contribution in [1.29, 1.82) is 0 Å². The van der Waals surface area contributed by atoms with Gasteiger partial charge in [-0.2, -0.15) is 0 Å². The number of hydrogen-bond donors (Lipinski definition) is 0. The second kappa shape index (κ2) is 5.13. The lowest BCUT2D eigenvalue weighted by molar-refractivity contribution is 0.773. The van der Waals surface area contributed by atoms with Gasteiger partial charge in [-0.3, -0.25) is 4.98 Å². The van der Waals surface area contributed by atoms with E-state index >= 15 is 0 Å². The molecule has 1 aromatic heterocycles. The Balaban J connectivity index is 2.33. The highest BCUT2D eigenvalue weighted by molar-refractivity contribution is 6.30. The van der Waals surface area contributed by atoms with Gasteiger partial charge in [0.1, 0.15) is 0 Å². The fourth-order valence-corrected chi connectivity index (χ4v) is 2.07. The maximum Gasteiger partial charge on any atom is 0.0406 e. The standard InChI is InChI=1S/C14H14ClN/c1-2-14(12-4-3-9-16-10-12)11-5-7-13(15)8-6-11/h3-10,14H,2H2,1H3. The minimum absolute atomic E-state index is 0.408. The molecule has 0 aliphatic rings. The van der Waals surface area contributed by atoms with Crippen LogP contribution in [0.3, 0.4) is 0 Å². The van der Waals surface area contributed by atoms with Crippen LogP contribution in [0.2, 0.25) is 5.02 Å². The van der Waals surface area contributed by atoms with Crippen molar-refractivity contribution < 1.29 is 0 Å². The van der Waals surface area contributed by atoms with Gasteiger partial charge in [0.25, 0.3) is 0 Å². The van der Waals surface area contributed by atoms with Crippen molar-refractivity contribution in [3.63, 3.8) is 0 Å². The van der Waals surface area contributed by atoms with Gasteiger partial charge in [0.05, 0.1) is 0 Å². The average Bonchev–Trinajstić information content (AvgIpc) is 2.34. The lowest BCUT2D eigenvalue weighted by Gasteiger charge is -2.15. The number of pyridine rings is 1. The quantitative estimate of drug-likeness (QED) is 0.769. The van der Waals surface area contributed by atoms with Crippen LogP contribution in [0.25, 0.3) is 0 Å². The van der Waals surface area contributed by atoms with Gasteiger partial charge >= 0.3 is 0 Å². The first-order chi connectivity index (χ1) is 7.81. The topological polar surface area (TPSA) is 12.9 Å². The number of nitrogens with zero attached hydrogens (tertiary/aromatic N) is 1. The minimum atomic E-state index is 0.408. The van der Waals surface area contributed by atoms with Crippen LogP contribution in [0.4, 0.5) is 0 Å². The zero-order valence-electron chi connectivity index (χ0n) is 9.23. The maximum absolute atomic E-state index is 5.89. The summed E-state index contributed by atoms with van der Waals surface area (Å²) < 4.78 is 0. The Labute approximate surface area is 101 Å². The Bertz CT molecular complexity index is 436. The van der Waals surface area contributed by atoms with E-state index in [0.717, 1.165) is 11.4 Å². The van der Waals surface area contributed by atoms with Crippen molar-refractivity contribution in [2.24, 2.45) is 0 Å². The second-order valence-electron chi connectivity index (χ2n) is 3.80. The molecule has 2 rings (SSSR count). The Morgan fingerprint density at radius 1 is 1.12 bits per heavy atom. The van der Waals surface area contributed by atoms with Crippen molar-refractivity contribution in [3.05, 3.63) is 64.9 Å². The van der Waals surface area contributed by atoms with Gasteiger partial charge in [-0.15, -0.1) is 0 Å². The molecular weight excluding hydrogens is 218 g/mol. The largest absolute Gasteiger partial charge is 0.264 e. The fourth-order valence-electron chi connectivity index (χ4n) is 1.94. The summed E-state index contributed by atoms with van der Waals surface area (Å²) in [5.74, 6) is 0.408. The Morgan fingerprint density at radius 2 is 1.88 bits per heavy atom. The summed E-state index contributed by atoms with van der Waals surface area (Å²) in [7, 11) is 0. The summed E-state index contributed by atoms with van der Waals surface area (Å²) in [6.07, 6.45) is 4.80. The zero-order chi connectivity index (χ0) is 11.4. The van der Waals surface area contributed by atoms with Crippen LogP contribution in [0, 0.1) is 0 Å². The number of hydrogen-bond acceptors (Lipinski definition) is 1. The maximum atomic E-state index is 5.89. The van der Waals surface area contributed by atoms with Gasteiger partial charge < -0.3 is 0 Å². The molecule has 0 saturated heterocycles. The van der Waals surface area contributed by atoms with Gasteiger partial charge in [-0.05, 0) is 35.7 Å². The van der Waals surface area contributed by atoms with Gasteiger partial charge in [0.15, 0.2) is 0 Å². The van der Waals surface area contributed by atoms with Crippen molar-refractivity contribution in [3.8, 4) is 0 Å². The number of aromatic nitrogens is 1. The summed E-state index contributed by atoms with van der Waals surface area (Å²) in [4.78, 5) is 4.17. The van der Waals surface area contributed by atoms with E-state index < -0.39 is 0 Å². The molecule has 0 aliphatic heterocycles. The summed E-state index contributed by atoms with van der Waals surface area (Å²) in [5.41, 5.74) is 2.55. The zero-order valence-corrected chi connectivity index (χ0v) is 9.98. The van der Waals surface area contributed by atoms with Gasteiger partial charge in [-0.1, -0.05) is 36.7 Å². The van der Waals surface area contributed by atoms with Crippen LogP contribution >= 0.6 is 11.6 Å². The minimum Gasteiger partial charge on any atom is -0.264 e. The molecule has 0 aliphatic carbocycles. The Kier molecular flexibility index (Phi) is 3.58. The monoisotopic (exact) mass is 231 g/mol. The molecule has 2 heteroatoms. The predicted octanol–water partition coefficient (Wildman–Crippen LogP) is 4.28. The van der Waals surface area contributed by atoms with Crippen molar-refractivity contribution >= 4 is 11.6 Å². The molecule has 1 unspecified atom stereocenters. The molecule has 0 fully saturated rings. The van der Waals surface area contributed by atoms with Crippen LogP contribution in [-0.4, -0.2) is 4.98 Å². The number of rotatable bonds is 3. The highest BCUT2D eigenvalue weighted by Gasteiger charge is 2.11. The second-order valence-corrected chi connectivity index (χ2v) is 4.24. The first-order valence-electron chi connectivity index (χ1n) is 5.46. The smallest absolute Gasteiger partial charge is 0.0406 e. The van der Waals surface area contributed by atoms with Gasteiger partial charge in [0, 0.05) is 23.3 Å². The van der Waals surface area contributed by atoms with Gasteiger partial charge in [-0.25, -0.2) is 0 Å². The lowest BCUT2D eigenvalue weighted by atomic mass is 9.90. The molecule has 0 bridgehead atoms. The third-order valence-electron chi connectivity index (χ3n) is 2.77. The van der Waals surface area contributed by atoms with E-state index in [1.54, 1.807) is 6.20 Å². The summed E-state index contributed by atoms with van der Waals surface area (Å²) in [6, 6.07) is 12.2. The molecule has 0 radical (unpaired) electrons. The fraction of sp³-hybridized carbons (Fsp3) is 0.214. The van der Waals surface area contributed by atoms with E-state index in [9.17, 15) is 0 Å². The van der Waals surface area contributed by atoms with Crippen LogP contribution in [0.5, 0.6) is 0 Å². The van der Waals surface area contributed by atoms with Crippen LogP contribution in [0.15, 0.2) is 48.8 Å². The SMILES string of the molecule is CCC(c1ccc(Cl)cc1)c1cccnc1. The van der Waals surface area contributed by atoms with E-state index in [-0.39, 0.29) is 0 Å². The van der Waals surface area contributed by atoms with E-state index in [1.807, 2.05) is 24.4 Å². The lowest BCUT2D eigenvalue weighted by Crippen LogP contribution is -1.99. The molecule has 0 amide bonds. The van der Waals surface area contributed by atoms with Crippen LogP contribution < -0.4 is 0 Å². The molecule has 0 N–H and O–H groups in total. The Hall–Kier alpha value is -1.34. The van der Waals surface area contributed by atoms with E-state index in [4.69, 9.17) is 11.6 Å². The van der Waals surface area contributed by atoms with E-state index in [0.29, 0.717) is 5.92 Å². The summed E-state index contributed by atoms with van der Waals surface area (Å²) in [5, 5.41) is 0.782. The average molecular weight is 232 g/mol. The van der Waals surface area contributed by atoms with Crippen molar-refractivity contribution in [2.75, 3.05) is 0 Å². The Morgan fingerprint density at radius 3 is 2.44 bits per heavy atom. The molecule has 1 aromatic carbocycles. The highest BCUT2D eigenvalue weighted by Crippen LogP contribution is 2.27. The molecule has 82 valence electrons. The molecule has 0 spiro atoms. The molecule has 2 aromatic rings. The summed E-state index contributed by atoms with van der Waals surface area (Å²) in [6.45, 7) is 2.19. The van der Waals surface area contributed by atoms with Gasteiger partial charge in [0.2, 0.25) is 0 Å². The third kappa shape index (κ3) is 2.42. The molecule has 1 atom stereocenters. The highest BCUT2D eigenvalue weighted by atomic mass is 35.5. The first-order valence-corrected chi connectivity index (χ1v) is 5.84. The first kappa shape index (κ1) is 11.2. The molecule has 0 saturated carbocycles. The normalized spacial score (nSPS) is 12.4. The molecular formula is C14H14ClN. The molecule has 1 heterocycles. The number of halogens is 1.